The molecule has 0 aliphatic rings. The molecule has 2 aromatic heterocycles. The molecule has 1 radical (unpaired) electrons. The highest BCUT2D eigenvalue weighted by Crippen LogP contribution is 2.34. The summed E-state index contributed by atoms with van der Waals surface area (Å²) in [5.41, 5.74) is 5.45. The molecule has 2 heterocycles. The smallest absolute Gasteiger partial charge is 0.173 e. The zero-order chi connectivity index (χ0) is 14.4. The predicted octanol–water partition coefficient (Wildman–Crippen LogP) is 3.93. The molecular formula is C14H9ClF2N3. The van der Waals surface area contributed by atoms with Crippen LogP contribution in [0.25, 0.3) is 22.2 Å². The second kappa shape index (κ2) is 4.45. The molecule has 0 bridgehead atoms. The number of fused-ring (bicyclic) bond motifs is 1. The summed E-state index contributed by atoms with van der Waals surface area (Å²) in [6.07, 6.45) is 1.60. The third kappa shape index (κ3) is 1.74. The molecule has 0 atom stereocenters. The number of hydrogen-bond donors (Lipinski definition) is 2. The molecule has 3 N–H and O–H groups in total. The fourth-order valence-electron chi connectivity index (χ4n) is 2.07. The highest BCUT2D eigenvalue weighted by molar-refractivity contribution is 6.33. The van der Waals surface area contributed by atoms with Crippen molar-refractivity contribution >= 4 is 28.2 Å². The maximum Gasteiger partial charge on any atom is 0.173 e. The van der Waals surface area contributed by atoms with Crippen molar-refractivity contribution in [2.75, 3.05) is 5.73 Å². The van der Waals surface area contributed by atoms with E-state index >= 15 is 0 Å². The van der Waals surface area contributed by atoms with Crippen molar-refractivity contribution in [2.45, 2.75) is 0 Å². The van der Waals surface area contributed by atoms with Crippen LogP contribution in [0.5, 0.6) is 0 Å². The summed E-state index contributed by atoms with van der Waals surface area (Å²) in [5, 5.41) is 0.621. The number of aromatic amines is 1. The van der Waals surface area contributed by atoms with Crippen LogP contribution in [0.2, 0.25) is 5.02 Å². The zero-order valence-electron chi connectivity index (χ0n) is 10.2. The zero-order valence-corrected chi connectivity index (χ0v) is 10.9. The fraction of sp³-hybridized carbons (Fsp3) is 0. The minimum atomic E-state index is -0.854. The predicted molar refractivity (Wildman–Crippen MR) is 75.3 cm³/mol. The molecule has 0 saturated heterocycles. The molecule has 0 amide bonds. The SMILES string of the molecule is [CH2]c1nc(-c2ccc3cc[nH]c3c2F)c(F)c(N)c1Cl. The molecule has 6 heteroatoms. The monoisotopic (exact) mass is 292 g/mol. The van der Waals surface area contributed by atoms with Gasteiger partial charge in [-0.2, -0.15) is 0 Å². The highest BCUT2D eigenvalue weighted by atomic mass is 35.5. The number of pyridine rings is 1. The Morgan fingerprint density at radius 3 is 2.70 bits per heavy atom. The van der Waals surface area contributed by atoms with Gasteiger partial charge in [0.1, 0.15) is 5.69 Å². The van der Waals surface area contributed by atoms with Crippen molar-refractivity contribution in [1.29, 1.82) is 0 Å². The van der Waals surface area contributed by atoms with Crippen molar-refractivity contribution in [3.63, 3.8) is 0 Å². The Balaban J connectivity index is 2.33. The van der Waals surface area contributed by atoms with Crippen LogP contribution >= 0.6 is 11.6 Å². The van der Waals surface area contributed by atoms with Gasteiger partial charge in [0.2, 0.25) is 0 Å². The number of aromatic nitrogens is 2. The second-order valence-corrected chi connectivity index (χ2v) is 4.70. The molecule has 3 rings (SSSR count). The van der Waals surface area contributed by atoms with E-state index < -0.39 is 11.6 Å². The van der Waals surface area contributed by atoms with Gasteiger partial charge in [-0.15, -0.1) is 0 Å². The molecule has 0 aliphatic carbocycles. The van der Waals surface area contributed by atoms with Gasteiger partial charge < -0.3 is 10.7 Å². The Morgan fingerprint density at radius 1 is 1.20 bits per heavy atom. The van der Waals surface area contributed by atoms with Crippen molar-refractivity contribution in [3.8, 4) is 11.3 Å². The van der Waals surface area contributed by atoms with Crippen molar-refractivity contribution in [2.24, 2.45) is 0 Å². The number of nitrogens with one attached hydrogen (secondary N) is 1. The third-order valence-corrected chi connectivity index (χ3v) is 3.52. The number of nitrogens with two attached hydrogens (primary N) is 1. The number of hydrogen-bond acceptors (Lipinski definition) is 2. The average molecular weight is 293 g/mol. The van der Waals surface area contributed by atoms with Crippen molar-refractivity contribution < 1.29 is 8.78 Å². The summed E-state index contributed by atoms with van der Waals surface area (Å²) >= 11 is 5.77. The van der Waals surface area contributed by atoms with Crippen molar-refractivity contribution in [1.82, 2.24) is 9.97 Å². The summed E-state index contributed by atoms with van der Waals surface area (Å²) in [5.74, 6) is -1.45. The lowest BCUT2D eigenvalue weighted by molar-refractivity contribution is 0.618. The van der Waals surface area contributed by atoms with Gasteiger partial charge >= 0.3 is 0 Å². The first-order chi connectivity index (χ1) is 9.50. The van der Waals surface area contributed by atoms with Crippen LogP contribution < -0.4 is 5.73 Å². The van der Waals surface area contributed by atoms with Gasteiger partial charge in [0, 0.05) is 17.1 Å². The average Bonchev–Trinajstić information content (AvgIpc) is 2.91. The van der Waals surface area contributed by atoms with Gasteiger partial charge in [0.25, 0.3) is 0 Å². The summed E-state index contributed by atoms with van der Waals surface area (Å²) in [7, 11) is 0. The van der Waals surface area contributed by atoms with Crippen LogP contribution in [-0.4, -0.2) is 9.97 Å². The maximum absolute atomic E-state index is 14.4. The van der Waals surface area contributed by atoms with Crippen LogP contribution in [0, 0.1) is 18.6 Å². The molecule has 101 valence electrons. The van der Waals surface area contributed by atoms with Gasteiger partial charge in [-0.1, -0.05) is 17.7 Å². The van der Waals surface area contributed by atoms with Crippen LogP contribution in [-0.2, 0) is 0 Å². The van der Waals surface area contributed by atoms with Gasteiger partial charge in [-0.05, 0) is 19.1 Å². The lowest BCUT2D eigenvalue weighted by Crippen LogP contribution is -2.02. The summed E-state index contributed by atoms with van der Waals surface area (Å²) < 4.78 is 28.6. The summed E-state index contributed by atoms with van der Waals surface area (Å²) in [6, 6.07) is 4.83. The molecule has 1 aromatic carbocycles. The first-order valence-electron chi connectivity index (χ1n) is 5.73. The largest absolute Gasteiger partial charge is 0.395 e. The van der Waals surface area contributed by atoms with Gasteiger partial charge in [0.15, 0.2) is 11.6 Å². The first kappa shape index (κ1) is 12.9. The maximum atomic E-state index is 14.4. The molecule has 3 nitrogen and oxygen atoms in total. The Morgan fingerprint density at radius 2 is 1.95 bits per heavy atom. The van der Waals surface area contributed by atoms with Gasteiger partial charge in [-0.25, -0.2) is 13.8 Å². The Hall–Kier alpha value is -2.14. The summed E-state index contributed by atoms with van der Waals surface area (Å²) in [4.78, 5) is 6.66. The second-order valence-electron chi connectivity index (χ2n) is 4.32. The normalized spacial score (nSPS) is 11.2. The van der Waals surface area contributed by atoms with E-state index in [1.54, 1.807) is 18.3 Å². The van der Waals surface area contributed by atoms with Gasteiger partial charge in [-0.3, -0.25) is 0 Å². The van der Waals surface area contributed by atoms with E-state index in [-0.39, 0.29) is 33.2 Å². The number of benzene rings is 1. The van der Waals surface area contributed by atoms with E-state index in [4.69, 9.17) is 17.3 Å². The van der Waals surface area contributed by atoms with E-state index in [0.717, 1.165) is 0 Å². The highest BCUT2D eigenvalue weighted by Gasteiger charge is 2.20. The van der Waals surface area contributed by atoms with Gasteiger partial charge in [0.05, 0.1) is 21.9 Å². The van der Waals surface area contributed by atoms with E-state index in [9.17, 15) is 8.78 Å². The number of nitrogen functional groups attached to an aromatic ring is 1. The van der Waals surface area contributed by atoms with E-state index in [0.29, 0.717) is 5.39 Å². The molecule has 0 fully saturated rings. The van der Waals surface area contributed by atoms with Crippen LogP contribution in [0.4, 0.5) is 14.5 Å². The minimum absolute atomic E-state index is 0.00529. The van der Waals surface area contributed by atoms with Crippen LogP contribution in [0.15, 0.2) is 24.4 Å². The van der Waals surface area contributed by atoms with Crippen LogP contribution in [0.3, 0.4) is 0 Å². The standard InChI is InChI=1S/C14H9ClF2N3/c1-6-9(15)12(18)11(17)14(20-6)8-3-2-7-4-5-19-13(7)10(8)16/h2-5,19H,1H2,(H2,18,20). The molecule has 20 heavy (non-hydrogen) atoms. The van der Waals surface area contributed by atoms with E-state index in [1.807, 2.05) is 0 Å². The molecule has 0 unspecified atom stereocenters. The van der Waals surface area contributed by atoms with E-state index in [2.05, 4.69) is 16.9 Å². The number of nitrogens with zero attached hydrogens (tertiary/aromatic N) is 1. The molecule has 3 aromatic rings. The fourth-order valence-corrected chi connectivity index (χ4v) is 2.19. The number of rotatable bonds is 1. The lowest BCUT2D eigenvalue weighted by atomic mass is 10.1. The van der Waals surface area contributed by atoms with Crippen LogP contribution in [0.1, 0.15) is 5.69 Å². The third-order valence-electron chi connectivity index (χ3n) is 3.10. The molecule has 0 saturated carbocycles. The number of H-pyrrole nitrogens is 1. The Labute approximate surface area is 118 Å². The first-order valence-corrected chi connectivity index (χ1v) is 6.11. The number of halogens is 3. The Kier molecular flexibility index (Phi) is 2.87. The van der Waals surface area contributed by atoms with Crippen molar-refractivity contribution in [3.05, 3.63) is 53.7 Å². The summed E-state index contributed by atoms with van der Waals surface area (Å²) in [6.45, 7) is 3.57. The molecule has 0 aliphatic heterocycles. The quantitative estimate of drug-likeness (QED) is 0.714. The molecular weight excluding hydrogens is 284 g/mol. The minimum Gasteiger partial charge on any atom is -0.395 e. The lowest BCUT2D eigenvalue weighted by Gasteiger charge is -2.10. The topological polar surface area (TPSA) is 54.7 Å². The Bertz CT molecular complexity index is 827. The number of anilines is 1. The molecule has 0 spiro atoms. The van der Waals surface area contributed by atoms with E-state index in [1.165, 1.54) is 6.07 Å².